The molecule has 1 unspecified atom stereocenters. The number of hydrogen-bond acceptors (Lipinski definition) is 3. The predicted octanol–water partition coefficient (Wildman–Crippen LogP) is 3.67. The first-order valence-corrected chi connectivity index (χ1v) is 5.66. The van der Waals surface area contributed by atoms with Gasteiger partial charge in [-0.05, 0) is 36.8 Å². The van der Waals surface area contributed by atoms with Crippen molar-refractivity contribution < 1.29 is 13.2 Å². The Kier molecular flexibility index (Phi) is 3.69. The van der Waals surface area contributed by atoms with Gasteiger partial charge in [0.15, 0.2) is 0 Å². The SMILES string of the molecule is CC(Nc1ccc(C(F)(F)F)cn1)c1ccncc1. The maximum atomic E-state index is 12.4. The molecule has 0 aliphatic rings. The Morgan fingerprint density at radius 1 is 1.11 bits per heavy atom. The highest BCUT2D eigenvalue weighted by Crippen LogP contribution is 2.29. The van der Waals surface area contributed by atoms with Crippen molar-refractivity contribution in [3.8, 4) is 0 Å². The number of nitrogens with zero attached hydrogens (tertiary/aromatic N) is 2. The average molecular weight is 267 g/mol. The number of alkyl halides is 3. The van der Waals surface area contributed by atoms with E-state index in [4.69, 9.17) is 0 Å². The minimum Gasteiger partial charge on any atom is -0.364 e. The van der Waals surface area contributed by atoms with Gasteiger partial charge in [-0.25, -0.2) is 4.98 Å². The number of rotatable bonds is 3. The monoisotopic (exact) mass is 267 g/mol. The van der Waals surface area contributed by atoms with Crippen LogP contribution in [0, 0.1) is 0 Å². The van der Waals surface area contributed by atoms with Gasteiger partial charge in [0.05, 0.1) is 11.6 Å². The topological polar surface area (TPSA) is 37.8 Å². The largest absolute Gasteiger partial charge is 0.417 e. The van der Waals surface area contributed by atoms with Gasteiger partial charge in [0.1, 0.15) is 5.82 Å². The lowest BCUT2D eigenvalue weighted by Gasteiger charge is -2.15. The van der Waals surface area contributed by atoms with Gasteiger partial charge in [0.25, 0.3) is 0 Å². The van der Waals surface area contributed by atoms with Crippen LogP contribution in [0.3, 0.4) is 0 Å². The number of nitrogens with one attached hydrogen (secondary N) is 1. The van der Waals surface area contributed by atoms with Gasteiger partial charge in [0.2, 0.25) is 0 Å². The Labute approximate surface area is 108 Å². The van der Waals surface area contributed by atoms with Crippen LogP contribution in [-0.2, 0) is 6.18 Å². The molecular formula is C13H12F3N3. The highest BCUT2D eigenvalue weighted by atomic mass is 19.4. The molecule has 2 rings (SSSR count). The molecule has 100 valence electrons. The first-order valence-electron chi connectivity index (χ1n) is 5.66. The van der Waals surface area contributed by atoms with Crippen molar-refractivity contribution in [2.45, 2.75) is 19.1 Å². The van der Waals surface area contributed by atoms with E-state index < -0.39 is 11.7 Å². The van der Waals surface area contributed by atoms with Crippen LogP contribution in [0.2, 0.25) is 0 Å². The summed E-state index contributed by atoms with van der Waals surface area (Å²) >= 11 is 0. The maximum Gasteiger partial charge on any atom is 0.417 e. The second-order valence-corrected chi connectivity index (χ2v) is 4.08. The first-order chi connectivity index (χ1) is 8.97. The molecule has 2 aromatic heterocycles. The van der Waals surface area contributed by atoms with Crippen LogP contribution in [0.25, 0.3) is 0 Å². The number of aromatic nitrogens is 2. The van der Waals surface area contributed by atoms with E-state index in [2.05, 4.69) is 15.3 Å². The summed E-state index contributed by atoms with van der Waals surface area (Å²) in [7, 11) is 0. The molecular weight excluding hydrogens is 255 g/mol. The highest BCUT2D eigenvalue weighted by molar-refractivity contribution is 5.39. The van der Waals surface area contributed by atoms with Crippen molar-refractivity contribution in [1.29, 1.82) is 0 Å². The maximum absolute atomic E-state index is 12.4. The minimum absolute atomic E-state index is 0.0627. The van der Waals surface area contributed by atoms with Crippen molar-refractivity contribution >= 4 is 5.82 Å². The third-order valence-corrected chi connectivity index (χ3v) is 2.66. The lowest BCUT2D eigenvalue weighted by molar-refractivity contribution is -0.137. The molecule has 0 aliphatic carbocycles. The summed E-state index contributed by atoms with van der Waals surface area (Å²) in [6.07, 6.45) is -0.217. The Morgan fingerprint density at radius 3 is 2.32 bits per heavy atom. The van der Waals surface area contributed by atoms with E-state index in [9.17, 15) is 13.2 Å². The Morgan fingerprint density at radius 2 is 1.79 bits per heavy atom. The summed E-state index contributed by atoms with van der Waals surface area (Å²) in [5.41, 5.74) is 0.228. The molecule has 0 saturated carbocycles. The molecule has 0 aromatic carbocycles. The standard InChI is InChI=1S/C13H12F3N3/c1-9(10-4-6-17-7-5-10)19-12-3-2-11(8-18-12)13(14,15)16/h2-9H,1H3,(H,18,19). The van der Waals surface area contributed by atoms with E-state index in [1.165, 1.54) is 6.07 Å². The van der Waals surface area contributed by atoms with E-state index in [1.807, 2.05) is 19.1 Å². The van der Waals surface area contributed by atoms with E-state index in [1.54, 1.807) is 12.4 Å². The zero-order valence-electron chi connectivity index (χ0n) is 10.1. The molecule has 0 radical (unpaired) electrons. The van der Waals surface area contributed by atoms with Crippen LogP contribution in [0.1, 0.15) is 24.1 Å². The molecule has 0 bridgehead atoms. The van der Waals surface area contributed by atoms with Crippen LogP contribution in [-0.4, -0.2) is 9.97 Å². The quantitative estimate of drug-likeness (QED) is 0.922. The van der Waals surface area contributed by atoms with Crippen molar-refractivity contribution in [2.24, 2.45) is 0 Å². The molecule has 3 nitrogen and oxygen atoms in total. The molecule has 2 aromatic rings. The summed E-state index contributed by atoms with van der Waals surface area (Å²) in [6.45, 7) is 1.90. The smallest absolute Gasteiger partial charge is 0.364 e. The van der Waals surface area contributed by atoms with Crippen LogP contribution in [0.5, 0.6) is 0 Å². The van der Waals surface area contributed by atoms with E-state index in [0.717, 1.165) is 17.8 Å². The summed E-state index contributed by atoms with van der Waals surface area (Å²) in [5, 5.41) is 3.03. The zero-order valence-corrected chi connectivity index (χ0v) is 10.1. The number of anilines is 1. The van der Waals surface area contributed by atoms with Gasteiger partial charge >= 0.3 is 6.18 Å². The van der Waals surface area contributed by atoms with Gasteiger partial charge in [-0.15, -0.1) is 0 Å². The van der Waals surface area contributed by atoms with Crippen molar-refractivity contribution in [1.82, 2.24) is 9.97 Å². The molecule has 0 spiro atoms. The fourth-order valence-corrected chi connectivity index (χ4v) is 1.60. The molecule has 1 N–H and O–H groups in total. The third-order valence-electron chi connectivity index (χ3n) is 2.66. The second-order valence-electron chi connectivity index (χ2n) is 4.08. The Hall–Kier alpha value is -2.11. The van der Waals surface area contributed by atoms with Gasteiger partial charge in [-0.3, -0.25) is 4.98 Å². The van der Waals surface area contributed by atoms with Crippen LogP contribution in [0.15, 0.2) is 42.9 Å². The fraction of sp³-hybridized carbons (Fsp3) is 0.231. The number of halogens is 3. The second kappa shape index (κ2) is 5.26. The summed E-state index contributed by atoms with van der Waals surface area (Å²) in [5.74, 6) is 0.400. The van der Waals surface area contributed by atoms with Gasteiger partial charge in [0, 0.05) is 18.6 Å². The normalized spacial score (nSPS) is 13.1. The van der Waals surface area contributed by atoms with Gasteiger partial charge in [-0.1, -0.05) is 0 Å². The molecule has 0 aliphatic heterocycles. The summed E-state index contributed by atoms with van der Waals surface area (Å²) < 4.78 is 37.1. The average Bonchev–Trinajstić information content (AvgIpc) is 2.39. The lowest BCUT2D eigenvalue weighted by atomic mass is 10.1. The van der Waals surface area contributed by atoms with E-state index >= 15 is 0 Å². The zero-order chi connectivity index (χ0) is 13.9. The van der Waals surface area contributed by atoms with Crippen molar-refractivity contribution in [3.63, 3.8) is 0 Å². The van der Waals surface area contributed by atoms with E-state index in [0.29, 0.717) is 5.82 Å². The molecule has 1 atom stereocenters. The summed E-state index contributed by atoms with van der Waals surface area (Å²) in [4.78, 5) is 7.67. The molecule has 0 fully saturated rings. The first kappa shape index (κ1) is 13.3. The Bertz CT molecular complexity index is 523. The molecule has 19 heavy (non-hydrogen) atoms. The molecule has 0 amide bonds. The highest BCUT2D eigenvalue weighted by Gasteiger charge is 2.30. The van der Waals surface area contributed by atoms with Gasteiger partial charge in [-0.2, -0.15) is 13.2 Å². The number of hydrogen-bond donors (Lipinski definition) is 1. The van der Waals surface area contributed by atoms with Gasteiger partial charge < -0.3 is 5.32 Å². The molecule has 6 heteroatoms. The number of pyridine rings is 2. The van der Waals surface area contributed by atoms with Crippen molar-refractivity contribution in [3.05, 3.63) is 54.0 Å². The van der Waals surface area contributed by atoms with Crippen molar-refractivity contribution in [2.75, 3.05) is 5.32 Å². The van der Waals surface area contributed by atoms with Crippen LogP contribution >= 0.6 is 0 Å². The van der Waals surface area contributed by atoms with E-state index in [-0.39, 0.29) is 6.04 Å². The molecule has 2 heterocycles. The third kappa shape index (κ3) is 3.43. The van der Waals surface area contributed by atoms with Crippen LogP contribution < -0.4 is 5.32 Å². The van der Waals surface area contributed by atoms with Crippen LogP contribution in [0.4, 0.5) is 19.0 Å². The Balaban J connectivity index is 2.08. The summed E-state index contributed by atoms with van der Waals surface area (Å²) in [6, 6.07) is 5.94. The fourth-order valence-electron chi connectivity index (χ4n) is 1.60. The minimum atomic E-state index is -4.36. The predicted molar refractivity (Wildman–Crippen MR) is 65.5 cm³/mol. The molecule has 0 saturated heterocycles. The lowest BCUT2D eigenvalue weighted by Crippen LogP contribution is -2.10.